The number of anilines is 3. The van der Waals surface area contributed by atoms with E-state index in [4.69, 9.17) is 0 Å². The molecule has 1 nitrogen and oxygen atoms in total. The summed E-state index contributed by atoms with van der Waals surface area (Å²) in [4.78, 5) is 2.35. The monoisotopic (exact) mass is 471 g/mol. The van der Waals surface area contributed by atoms with Crippen LogP contribution < -0.4 is 4.90 Å². The third-order valence-corrected chi connectivity index (χ3v) is 7.21. The first-order chi connectivity index (χ1) is 18.4. The standard InChI is InChI=1S/C36H25N/c1-2-15-30(16-3-1)37(35-20-10-14-26-11-4-7-17-32(26)35)31-23-21-27(22-24-31)36-33-18-8-5-12-28(33)25-29-13-6-9-19-34(29)36/h1-25H. The molecule has 0 aliphatic carbocycles. The summed E-state index contributed by atoms with van der Waals surface area (Å²) < 4.78 is 0. The SMILES string of the molecule is c1ccc(N(c2ccc(-c3c4ccccc4cc4ccccc34)cc2)c2cccc3ccccc23)cc1. The van der Waals surface area contributed by atoms with Crippen LogP contribution in [-0.2, 0) is 0 Å². The molecule has 0 radical (unpaired) electrons. The van der Waals surface area contributed by atoms with Crippen LogP contribution >= 0.6 is 0 Å². The highest BCUT2D eigenvalue weighted by molar-refractivity contribution is 6.12. The van der Waals surface area contributed by atoms with Gasteiger partial charge >= 0.3 is 0 Å². The second-order valence-corrected chi connectivity index (χ2v) is 9.41. The lowest BCUT2D eigenvalue weighted by atomic mass is 9.92. The van der Waals surface area contributed by atoms with E-state index in [0.29, 0.717) is 0 Å². The van der Waals surface area contributed by atoms with Crippen LogP contribution in [0, 0.1) is 0 Å². The van der Waals surface area contributed by atoms with Crippen LogP contribution in [0.1, 0.15) is 0 Å². The summed E-state index contributed by atoms with van der Waals surface area (Å²) in [6.07, 6.45) is 0. The molecule has 0 aromatic heterocycles. The number of nitrogens with zero attached hydrogens (tertiary/aromatic N) is 1. The fraction of sp³-hybridized carbons (Fsp3) is 0. The number of para-hydroxylation sites is 1. The van der Waals surface area contributed by atoms with Gasteiger partial charge in [0.05, 0.1) is 5.69 Å². The zero-order chi connectivity index (χ0) is 24.6. The van der Waals surface area contributed by atoms with Crippen molar-refractivity contribution in [3.63, 3.8) is 0 Å². The Balaban J connectivity index is 1.42. The van der Waals surface area contributed by atoms with Gasteiger partial charge < -0.3 is 4.90 Å². The predicted molar refractivity (Wildman–Crippen MR) is 159 cm³/mol. The Morgan fingerprint density at radius 1 is 0.351 bits per heavy atom. The van der Waals surface area contributed by atoms with Crippen molar-refractivity contribution in [2.45, 2.75) is 0 Å². The third kappa shape index (κ3) is 3.73. The van der Waals surface area contributed by atoms with Crippen LogP contribution in [0.15, 0.2) is 152 Å². The molecule has 0 fully saturated rings. The molecule has 0 aliphatic rings. The van der Waals surface area contributed by atoms with Crippen molar-refractivity contribution in [1.29, 1.82) is 0 Å². The third-order valence-electron chi connectivity index (χ3n) is 7.21. The van der Waals surface area contributed by atoms with E-state index >= 15 is 0 Å². The van der Waals surface area contributed by atoms with Crippen molar-refractivity contribution in [2.24, 2.45) is 0 Å². The predicted octanol–water partition coefficient (Wildman–Crippen LogP) is 10.3. The van der Waals surface area contributed by atoms with Crippen LogP contribution in [0.4, 0.5) is 17.1 Å². The fourth-order valence-electron chi connectivity index (χ4n) is 5.51. The van der Waals surface area contributed by atoms with E-state index in [1.165, 1.54) is 49.1 Å². The molecule has 7 aromatic rings. The van der Waals surface area contributed by atoms with E-state index in [9.17, 15) is 0 Å². The van der Waals surface area contributed by atoms with E-state index in [0.717, 1.165) is 11.4 Å². The van der Waals surface area contributed by atoms with E-state index in [1.54, 1.807) is 0 Å². The Hall–Kier alpha value is -4.88. The first-order valence-corrected chi connectivity index (χ1v) is 12.7. The summed E-state index contributed by atoms with van der Waals surface area (Å²) >= 11 is 0. The molecule has 0 bridgehead atoms. The molecule has 37 heavy (non-hydrogen) atoms. The zero-order valence-corrected chi connectivity index (χ0v) is 20.4. The molecule has 0 unspecified atom stereocenters. The highest BCUT2D eigenvalue weighted by Crippen LogP contribution is 2.41. The van der Waals surface area contributed by atoms with Gasteiger partial charge in [-0.05, 0) is 74.5 Å². The summed E-state index contributed by atoms with van der Waals surface area (Å²) in [5, 5.41) is 7.56. The van der Waals surface area contributed by atoms with Gasteiger partial charge in [0.1, 0.15) is 0 Å². The van der Waals surface area contributed by atoms with Gasteiger partial charge in [0, 0.05) is 16.8 Å². The molecule has 1 heteroatoms. The number of benzene rings is 7. The molecular formula is C36H25N. The van der Waals surface area contributed by atoms with Gasteiger partial charge in [-0.3, -0.25) is 0 Å². The minimum Gasteiger partial charge on any atom is -0.310 e. The molecule has 174 valence electrons. The maximum Gasteiger partial charge on any atom is 0.0540 e. The first-order valence-electron chi connectivity index (χ1n) is 12.7. The van der Waals surface area contributed by atoms with Gasteiger partial charge in [-0.15, -0.1) is 0 Å². The summed E-state index contributed by atoms with van der Waals surface area (Å²) in [6.45, 7) is 0. The lowest BCUT2D eigenvalue weighted by Gasteiger charge is -2.27. The lowest BCUT2D eigenvalue weighted by molar-refractivity contribution is 1.30. The molecule has 7 aromatic carbocycles. The quantitative estimate of drug-likeness (QED) is 0.231. The summed E-state index contributed by atoms with van der Waals surface area (Å²) in [5.74, 6) is 0. The molecular weight excluding hydrogens is 446 g/mol. The Kier molecular flexibility index (Phi) is 5.19. The molecule has 0 N–H and O–H groups in total. The van der Waals surface area contributed by atoms with Crippen LogP contribution in [0.5, 0.6) is 0 Å². The average Bonchev–Trinajstić information content (AvgIpc) is 2.97. The maximum absolute atomic E-state index is 2.35. The number of fused-ring (bicyclic) bond motifs is 3. The molecule has 0 spiro atoms. The summed E-state index contributed by atoms with van der Waals surface area (Å²) in [7, 11) is 0. The number of rotatable bonds is 4. The van der Waals surface area contributed by atoms with Gasteiger partial charge in [-0.2, -0.15) is 0 Å². The van der Waals surface area contributed by atoms with Gasteiger partial charge in [0.2, 0.25) is 0 Å². The zero-order valence-electron chi connectivity index (χ0n) is 20.4. The highest BCUT2D eigenvalue weighted by atomic mass is 15.1. The van der Waals surface area contributed by atoms with Crippen LogP contribution in [0.2, 0.25) is 0 Å². The van der Waals surface area contributed by atoms with Gasteiger partial charge in [-0.1, -0.05) is 115 Å². The second-order valence-electron chi connectivity index (χ2n) is 9.41. The fourth-order valence-corrected chi connectivity index (χ4v) is 5.51. The first kappa shape index (κ1) is 21.4. The van der Waals surface area contributed by atoms with Crippen molar-refractivity contribution in [3.8, 4) is 11.1 Å². The van der Waals surface area contributed by atoms with Crippen molar-refractivity contribution in [3.05, 3.63) is 152 Å². The molecule has 0 saturated heterocycles. The molecule has 7 rings (SSSR count). The topological polar surface area (TPSA) is 3.24 Å². The number of hydrogen-bond acceptors (Lipinski definition) is 1. The largest absolute Gasteiger partial charge is 0.310 e. The molecule has 0 atom stereocenters. The van der Waals surface area contributed by atoms with E-state index in [1.807, 2.05) is 0 Å². The molecule has 0 aliphatic heterocycles. The van der Waals surface area contributed by atoms with Gasteiger partial charge in [0.15, 0.2) is 0 Å². The minimum absolute atomic E-state index is 1.14. The second kappa shape index (κ2) is 8.96. The van der Waals surface area contributed by atoms with Crippen molar-refractivity contribution in [2.75, 3.05) is 4.90 Å². The van der Waals surface area contributed by atoms with Crippen LogP contribution in [0.25, 0.3) is 43.4 Å². The average molecular weight is 472 g/mol. The van der Waals surface area contributed by atoms with Crippen molar-refractivity contribution >= 4 is 49.4 Å². The van der Waals surface area contributed by atoms with E-state index in [-0.39, 0.29) is 0 Å². The van der Waals surface area contributed by atoms with Crippen LogP contribution in [-0.4, -0.2) is 0 Å². The lowest BCUT2D eigenvalue weighted by Crippen LogP contribution is -2.10. The van der Waals surface area contributed by atoms with Crippen molar-refractivity contribution in [1.82, 2.24) is 0 Å². The maximum atomic E-state index is 2.35. The molecule has 0 amide bonds. The summed E-state index contributed by atoms with van der Waals surface area (Å²) in [5.41, 5.74) is 5.96. The van der Waals surface area contributed by atoms with E-state index < -0.39 is 0 Å². The Morgan fingerprint density at radius 2 is 0.865 bits per heavy atom. The Labute approximate surface area is 216 Å². The smallest absolute Gasteiger partial charge is 0.0540 e. The minimum atomic E-state index is 1.14. The van der Waals surface area contributed by atoms with Crippen molar-refractivity contribution < 1.29 is 0 Å². The Bertz CT molecular complexity index is 1810. The van der Waals surface area contributed by atoms with E-state index in [2.05, 4.69) is 157 Å². The van der Waals surface area contributed by atoms with Crippen LogP contribution in [0.3, 0.4) is 0 Å². The number of hydrogen-bond donors (Lipinski definition) is 0. The molecule has 0 heterocycles. The van der Waals surface area contributed by atoms with Gasteiger partial charge in [0.25, 0.3) is 0 Å². The summed E-state index contributed by atoms with van der Waals surface area (Å²) in [6, 6.07) is 54.5. The molecule has 0 saturated carbocycles. The normalized spacial score (nSPS) is 11.2. The highest BCUT2D eigenvalue weighted by Gasteiger charge is 2.16. The van der Waals surface area contributed by atoms with Gasteiger partial charge in [-0.25, -0.2) is 0 Å². The Morgan fingerprint density at radius 3 is 1.54 bits per heavy atom.